The summed E-state index contributed by atoms with van der Waals surface area (Å²) in [4.78, 5) is 0. The molecular weight excluding hydrogens is 350 g/mol. The molecule has 5 aromatic rings. The summed E-state index contributed by atoms with van der Waals surface area (Å²) in [5, 5.41) is 3.94. The summed E-state index contributed by atoms with van der Waals surface area (Å²) in [7, 11) is 0. The third kappa shape index (κ3) is 1.76. The van der Waals surface area contributed by atoms with E-state index in [2.05, 4.69) is 108 Å². The monoisotopic (exact) mass is 369 g/mol. The number of fused-ring (bicyclic) bond motifs is 11. The molecule has 0 saturated carbocycles. The van der Waals surface area contributed by atoms with Crippen molar-refractivity contribution in [3.8, 4) is 5.69 Å². The number of para-hydroxylation sites is 1. The van der Waals surface area contributed by atoms with E-state index in [1.165, 1.54) is 49.7 Å². The molecule has 1 aromatic heterocycles. The Labute approximate surface area is 169 Å². The van der Waals surface area contributed by atoms with Gasteiger partial charge in [0.25, 0.3) is 0 Å². The Hall–Kier alpha value is -3.58. The van der Waals surface area contributed by atoms with Crippen LogP contribution in [0.15, 0.2) is 97.1 Å². The molecule has 1 unspecified atom stereocenters. The third-order valence-corrected chi connectivity index (χ3v) is 6.87. The molecule has 1 heteroatoms. The van der Waals surface area contributed by atoms with Gasteiger partial charge in [-0.15, -0.1) is 0 Å². The second kappa shape index (κ2) is 5.27. The predicted molar refractivity (Wildman–Crippen MR) is 121 cm³/mol. The minimum absolute atomic E-state index is 0.135. The molecule has 0 N–H and O–H groups in total. The van der Waals surface area contributed by atoms with Gasteiger partial charge in [-0.25, -0.2) is 0 Å². The van der Waals surface area contributed by atoms with Crippen molar-refractivity contribution in [3.05, 3.63) is 119 Å². The molecule has 1 atom stereocenters. The maximum atomic E-state index is 2.53. The van der Waals surface area contributed by atoms with E-state index in [1.54, 1.807) is 0 Å². The van der Waals surface area contributed by atoms with Gasteiger partial charge in [-0.05, 0) is 40.6 Å². The van der Waals surface area contributed by atoms with Crippen LogP contribution < -0.4 is 0 Å². The fraction of sp³-hybridized carbons (Fsp3) is 0.0714. The van der Waals surface area contributed by atoms with Gasteiger partial charge in [0.1, 0.15) is 0 Å². The molecule has 1 aliphatic heterocycles. The van der Waals surface area contributed by atoms with Gasteiger partial charge in [0, 0.05) is 16.5 Å². The topological polar surface area (TPSA) is 4.93 Å². The Morgan fingerprint density at radius 3 is 2.45 bits per heavy atom. The highest BCUT2D eigenvalue weighted by atomic mass is 15.0. The third-order valence-electron chi connectivity index (χ3n) is 6.87. The summed E-state index contributed by atoms with van der Waals surface area (Å²) in [5.74, 6) is 0. The summed E-state index contributed by atoms with van der Waals surface area (Å²) in [6.07, 6.45) is 5.63. The van der Waals surface area contributed by atoms with Gasteiger partial charge in [-0.1, -0.05) is 91.0 Å². The van der Waals surface area contributed by atoms with Crippen LogP contribution in [0, 0.1) is 0 Å². The maximum Gasteiger partial charge on any atom is 0.0668 e. The van der Waals surface area contributed by atoms with E-state index in [1.807, 2.05) is 0 Å². The van der Waals surface area contributed by atoms with Gasteiger partial charge in [0.15, 0.2) is 0 Å². The average molecular weight is 369 g/mol. The van der Waals surface area contributed by atoms with Crippen LogP contribution in [0.2, 0.25) is 0 Å². The van der Waals surface area contributed by atoms with E-state index >= 15 is 0 Å². The molecule has 1 spiro atoms. The van der Waals surface area contributed by atoms with Gasteiger partial charge >= 0.3 is 0 Å². The van der Waals surface area contributed by atoms with Crippen molar-refractivity contribution in [2.24, 2.45) is 0 Å². The number of hydrogen-bond donors (Lipinski definition) is 0. The predicted octanol–water partition coefficient (Wildman–Crippen LogP) is 6.85. The van der Waals surface area contributed by atoms with Gasteiger partial charge in [-0.3, -0.25) is 0 Å². The van der Waals surface area contributed by atoms with Crippen LogP contribution in [0.4, 0.5) is 0 Å². The van der Waals surface area contributed by atoms with E-state index in [4.69, 9.17) is 0 Å². The largest absolute Gasteiger partial charge is 0.311 e. The molecule has 0 saturated heterocycles. The smallest absolute Gasteiger partial charge is 0.0668 e. The number of nitrogens with zero attached hydrogens (tertiary/aromatic N) is 1. The van der Waals surface area contributed by atoms with Crippen LogP contribution in [0.1, 0.15) is 28.8 Å². The molecule has 29 heavy (non-hydrogen) atoms. The molecule has 136 valence electrons. The molecule has 4 aromatic carbocycles. The maximum absolute atomic E-state index is 2.53. The number of rotatable bonds is 0. The van der Waals surface area contributed by atoms with E-state index in [-0.39, 0.29) is 5.41 Å². The molecule has 0 fully saturated rings. The standard InChI is InChI=1S/C28H19N/c1-4-12-22-19(8-1)15-16-24-27(22)29-25-14-6-3-10-21(25)18-26(29)28(24)17-7-11-20-9-2-5-13-23(20)28/h1-16,18H,17H2. The lowest BCUT2D eigenvalue weighted by molar-refractivity contribution is 0.625. The summed E-state index contributed by atoms with van der Waals surface area (Å²) in [6, 6.07) is 33.6. The molecule has 0 bridgehead atoms. The first kappa shape index (κ1) is 15.4. The molecular formula is C28H19N. The number of benzene rings is 4. The summed E-state index contributed by atoms with van der Waals surface area (Å²) < 4.78 is 2.53. The van der Waals surface area contributed by atoms with Crippen molar-refractivity contribution < 1.29 is 0 Å². The first-order valence-corrected chi connectivity index (χ1v) is 10.3. The normalized spacial score (nSPS) is 18.9. The fourth-order valence-electron chi connectivity index (χ4n) is 5.69. The average Bonchev–Trinajstić information content (AvgIpc) is 3.29. The Kier molecular flexibility index (Phi) is 2.79. The van der Waals surface area contributed by atoms with Crippen LogP contribution in [-0.4, -0.2) is 4.57 Å². The molecule has 2 aliphatic rings. The zero-order valence-corrected chi connectivity index (χ0v) is 16.0. The van der Waals surface area contributed by atoms with Crippen molar-refractivity contribution in [1.82, 2.24) is 4.57 Å². The number of aromatic nitrogens is 1. The highest BCUT2D eigenvalue weighted by Gasteiger charge is 2.47. The van der Waals surface area contributed by atoms with Crippen LogP contribution in [0.5, 0.6) is 0 Å². The SMILES string of the molecule is C1=Cc2ccccc2C2(C1)c1ccc3ccccc3c1-n1c2cc2ccccc21. The van der Waals surface area contributed by atoms with Crippen LogP contribution in [0.3, 0.4) is 0 Å². The van der Waals surface area contributed by atoms with Crippen molar-refractivity contribution >= 4 is 27.8 Å². The quantitative estimate of drug-likeness (QED) is 0.281. The van der Waals surface area contributed by atoms with Gasteiger partial charge < -0.3 is 4.57 Å². The van der Waals surface area contributed by atoms with Gasteiger partial charge in [0.05, 0.1) is 16.6 Å². The molecule has 1 nitrogen and oxygen atoms in total. The van der Waals surface area contributed by atoms with E-state index in [0.29, 0.717) is 0 Å². The van der Waals surface area contributed by atoms with E-state index in [0.717, 1.165) is 6.42 Å². The second-order valence-electron chi connectivity index (χ2n) is 8.21. The molecule has 1 aliphatic carbocycles. The van der Waals surface area contributed by atoms with Crippen molar-refractivity contribution in [2.45, 2.75) is 11.8 Å². The highest BCUT2D eigenvalue weighted by Crippen LogP contribution is 2.55. The first-order chi connectivity index (χ1) is 14.4. The minimum Gasteiger partial charge on any atom is -0.311 e. The summed E-state index contributed by atoms with van der Waals surface area (Å²) >= 11 is 0. The van der Waals surface area contributed by atoms with Crippen LogP contribution >= 0.6 is 0 Å². The van der Waals surface area contributed by atoms with Gasteiger partial charge in [-0.2, -0.15) is 0 Å². The fourth-order valence-corrected chi connectivity index (χ4v) is 5.69. The Bertz CT molecular complexity index is 1480. The Balaban J connectivity index is 1.73. The Morgan fingerprint density at radius 2 is 1.48 bits per heavy atom. The summed E-state index contributed by atoms with van der Waals surface area (Å²) in [6.45, 7) is 0. The van der Waals surface area contributed by atoms with E-state index in [9.17, 15) is 0 Å². The van der Waals surface area contributed by atoms with Crippen LogP contribution in [-0.2, 0) is 5.41 Å². The number of hydrogen-bond acceptors (Lipinski definition) is 0. The van der Waals surface area contributed by atoms with Crippen molar-refractivity contribution in [1.29, 1.82) is 0 Å². The molecule has 7 rings (SSSR count). The zero-order valence-electron chi connectivity index (χ0n) is 16.0. The first-order valence-electron chi connectivity index (χ1n) is 10.3. The van der Waals surface area contributed by atoms with Crippen molar-refractivity contribution in [2.75, 3.05) is 0 Å². The van der Waals surface area contributed by atoms with Crippen LogP contribution in [0.25, 0.3) is 33.4 Å². The molecule has 2 heterocycles. The van der Waals surface area contributed by atoms with Crippen molar-refractivity contribution in [3.63, 3.8) is 0 Å². The lowest BCUT2D eigenvalue weighted by Gasteiger charge is -2.34. The molecule has 0 radical (unpaired) electrons. The lowest BCUT2D eigenvalue weighted by Crippen LogP contribution is -2.29. The Morgan fingerprint density at radius 1 is 0.690 bits per heavy atom. The molecule has 0 amide bonds. The lowest BCUT2D eigenvalue weighted by atomic mass is 9.67. The minimum atomic E-state index is -0.135. The second-order valence-corrected chi connectivity index (χ2v) is 8.21. The zero-order chi connectivity index (χ0) is 19.0. The van der Waals surface area contributed by atoms with Gasteiger partial charge in [0.2, 0.25) is 0 Å². The van der Waals surface area contributed by atoms with E-state index < -0.39 is 0 Å². The summed E-state index contributed by atoms with van der Waals surface area (Å²) in [5.41, 5.74) is 8.07. The highest BCUT2D eigenvalue weighted by molar-refractivity contribution is 5.98. The number of allylic oxidation sites excluding steroid dienone is 1.